The predicted octanol–water partition coefficient (Wildman–Crippen LogP) is 3.42. The Morgan fingerprint density at radius 1 is 1.29 bits per heavy atom. The first-order valence-corrected chi connectivity index (χ1v) is 8.54. The zero-order chi connectivity index (χ0) is 17.9. The van der Waals surface area contributed by atoms with Gasteiger partial charge in [0.2, 0.25) is 5.91 Å². The maximum absolute atomic E-state index is 12.6. The molecule has 1 aliphatic rings. The lowest BCUT2D eigenvalue weighted by molar-refractivity contribution is -0.144. The summed E-state index contributed by atoms with van der Waals surface area (Å²) in [6.45, 7) is 7.89. The molecule has 4 atom stereocenters. The molecule has 5 nitrogen and oxygen atoms in total. The number of nitrogens with zero attached hydrogens (tertiary/aromatic N) is 1. The number of imide groups is 1. The molecule has 24 heavy (non-hydrogen) atoms. The molecule has 0 aliphatic carbocycles. The molecule has 0 aromatic heterocycles. The first kappa shape index (κ1) is 18.5. The molecule has 2 rings (SSSR count). The van der Waals surface area contributed by atoms with Crippen molar-refractivity contribution in [3.63, 3.8) is 0 Å². The monoisotopic (exact) mass is 333 g/mol. The summed E-state index contributed by atoms with van der Waals surface area (Å²) >= 11 is 0. The molecule has 0 saturated carbocycles. The fraction of sp³-hybridized carbons (Fsp3) is 0.579. The average Bonchev–Trinajstić information content (AvgIpc) is 2.61. The van der Waals surface area contributed by atoms with Crippen molar-refractivity contribution < 1.29 is 19.4 Å². The summed E-state index contributed by atoms with van der Waals surface area (Å²) in [5.74, 6) is -0.551. The summed E-state index contributed by atoms with van der Waals surface area (Å²) in [6.07, 6.45) is -1.27. The molecule has 132 valence electrons. The minimum Gasteiger partial charge on any atom is -0.444 e. The van der Waals surface area contributed by atoms with E-state index in [1.54, 1.807) is 6.92 Å². The maximum atomic E-state index is 12.6. The van der Waals surface area contributed by atoms with E-state index in [0.717, 1.165) is 10.5 Å². The van der Waals surface area contributed by atoms with E-state index in [-0.39, 0.29) is 36.2 Å². The Labute approximate surface area is 143 Å². The summed E-state index contributed by atoms with van der Waals surface area (Å²) in [4.78, 5) is 26.0. The van der Waals surface area contributed by atoms with Crippen LogP contribution in [-0.2, 0) is 16.1 Å². The van der Waals surface area contributed by atoms with Gasteiger partial charge in [0.05, 0.1) is 0 Å². The first-order valence-electron chi connectivity index (χ1n) is 8.54. The van der Waals surface area contributed by atoms with E-state index in [2.05, 4.69) is 0 Å². The Bertz CT molecular complexity index is 572. The third kappa shape index (κ3) is 3.96. The van der Waals surface area contributed by atoms with Gasteiger partial charge in [0.1, 0.15) is 12.8 Å². The van der Waals surface area contributed by atoms with Crippen LogP contribution in [-0.4, -0.2) is 28.2 Å². The summed E-state index contributed by atoms with van der Waals surface area (Å²) in [7, 11) is 0. The van der Waals surface area contributed by atoms with Gasteiger partial charge in [0.25, 0.3) is 0 Å². The van der Waals surface area contributed by atoms with Crippen LogP contribution in [0.4, 0.5) is 4.79 Å². The maximum Gasteiger partial charge on any atom is 0.419 e. The standard InChI is InChI=1S/C19H27NO4/c1-12(2)16-13(3)10-14(4)17(21)20(18(16)22)19(23)24-11-15-8-6-5-7-9-15/h5-9,12-14,16,18,22H,10-11H2,1-4H3/t13?,14?,16-,18?/m1/s1. The number of hydrogen-bond acceptors (Lipinski definition) is 4. The third-order valence-electron chi connectivity index (χ3n) is 4.82. The predicted molar refractivity (Wildman–Crippen MR) is 90.8 cm³/mol. The molecule has 3 unspecified atom stereocenters. The molecule has 1 aromatic rings. The topological polar surface area (TPSA) is 66.8 Å². The van der Waals surface area contributed by atoms with E-state index in [0.29, 0.717) is 6.42 Å². The van der Waals surface area contributed by atoms with Crippen LogP contribution in [0.3, 0.4) is 0 Å². The molecule has 1 aromatic carbocycles. The minimum atomic E-state index is -1.15. The van der Waals surface area contributed by atoms with Gasteiger partial charge in [-0.3, -0.25) is 4.79 Å². The Morgan fingerprint density at radius 3 is 2.50 bits per heavy atom. The number of amides is 2. The molecule has 1 fully saturated rings. The molecule has 1 N–H and O–H groups in total. The first-order chi connectivity index (χ1) is 11.3. The largest absolute Gasteiger partial charge is 0.444 e. The SMILES string of the molecule is CC1CC(C)[C@@H](C(C)C)C(O)N(C(=O)OCc2ccccc2)C1=O. The van der Waals surface area contributed by atoms with Crippen LogP contribution in [0.25, 0.3) is 0 Å². The lowest BCUT2D eigenvalue weighted by Gasteiger charge is -2.33. The number of rotatable bonds is 3. The molecule has 5 heteroatoms. The minimum absolute atomic E-state index is 0.0758. The van der Waals surface area contributed by atoms with Gasteiger partial charge in [0.15, 0.2) is 0 Å². The number of aliphatic hydroxyl groups excluding tert-OH is 1. The van der Waals surface area contributed by atoms with Gasteiger partial charge >= 0.3 is 6.09 Å². The molecule has 1 saturated heterocycles. The fourth-order valence-electron chi connectivity index (χ4n) is 3.64. The summed E-state index contributed by atoms with van der Waals surface area (Å²) in [5, 5.41) is 10.7. The molecule has 1 heterocycles. The van der Waals surface area contributed by atoms with Crippen LogP contribution in [0.1, 0.15) is 39.7 Å². The number of ether oxygens (including phenoxy) is 1. The van der Waals surface area contributed by atoms with Gasteiger partial charge in [-0.1, -0.05) is 58.0 Å². The van der Waals surface area contributed by atoms with Gasteiger partial charge in [-0.05, 0) is 23.8 Å². The zero-order valence-electron chi connectivity index (χ0n) is 14.8. The van der Waals surface area contributed by atoms with Crippen LogP contribution >= 0.6 is 0 Å². The zero-order valence-corrected chi connectivity index (χ0v) is 14.8. The van der Waals surface area contributed by atoms with Crippen molar-refractivity contribution in [1.82, 2.24) is 4.90 Å². The Hall–Kier alpha value is -1.88. The molecule has 0 bridgehead atoms. The third-order valence-corrected chi connectivity index (χ3v) is 4.82. The molecule has 0 spiro atoms. The van der Waals surface area contributed by atoms with Crippen LogP contribution < -0.4 is 0 Å². The van der Waals surface area contributed by atoms with Gasteiger partial charge in [0, 0.05) is 11.8 Å². The summed E-state index contributed by atoms with van der Waals surface area (Å²) in [5.41, 5.74) is 0.837. The number of aliphatic hydroxyl groups is 1. The smallest absolute Gasteiger partial charge is 0.419 e. The molecule has 2 amide bonds. The second-order valence-electron chi connectivity index (χ2n) is 7.10. The Kier molecular flexibility index (Phi) is 5.99. The van der Waals surface area contributed by atoms with Gasteiger partial charge < -0.3 is 9.84 Å². The highest BCUT2D eigenvalue weighted by Gasteiger charge is 2.44. The van der Waals surface area contributed by atoms with E-state index in [4.69, 9.17) is 4.74 Å². The highest BCUT2D eigenvalue weighted by atomic mass is 16.6. The van der Waals surface area contributed by atoms with Crippen LogP contribution in [0, 0.1) is 23.7 Å². The second kappa shape index (κ2) is 7.79. The van der Waals surface area contributed by atoms with E-state index in [1.807, 2.05) is 51.1 Å². The van der Waals surface area contributed by atoms with E-state index in [1.165, 1.54) is 0 Å². The lowest BCUT2D eigenvalue weighted by atomic mass is 9.80. The number of carbonyl (C=O) groups is 2. The molecule has 1 aliphatic heterocycles. The van der Waals surface area contributed by atoms with Crippen molar-refractivity contribution >= 4 is 12.0 Å². The lowest BCUT2D eigenvalue weighted by Crippen LogP contribution is -2.50. The van der Waals surface area contributed by atoms with E-state index in [9.17, 15) is 14.7 Å². The van der Waals surface area contributed by atoms with Gasteiger partial charge in [-0.15, -0.1) is 0 Å². The highest BCUT2D eigenvalue weighted by Crippen LogP contribution is 2.35. The van der Waals surface area contributed by atoms with E-state index < -0.39 is 12.3 Å². The fourth-order valence-corrected chi connectivity index (χ4v) is 3.64. The molecule has 0 radical (unpaired) electrons. The van der Waals surface area contributed by atoms with Crippen molar-refractivity contribution in [2.45, 2.75) is 47.0 Å². The second-order valence-corrected chi connectivity index (χ2v) is 7.10. The van der Waals surface area contributed by atoms with Crippen LogP contribution in [0.5, 0.6) is 0 Å². The molecular weight excluding hydrogens is 306 g/mol. The highest BCUT2D eigenvalue weighted by molar-refractivity contribution is 5.93. The van der Waals surface area contributed by atoms with Crippen LogP contribution in [0.2, 0.25) is 0 Å². The number of benzene rings is 1. The van der Waals surface area contributed by atoms with Crippen molar-refractivity contribution in [3.05, 3.63) is 35.9 Å². The molecular formula is C19H27NO4. The number of carbonyl (C=O) groups excluding carboxylic acids is 2. The number of likely N-dealkylation sites (tertiary alicyclic amines) is 1. The van der Waals surface area contributed by atoms with E-state index >= 15 is 0 Å². The van der Waals surface area contributed by atoms with Crippen molar-refractivity contribution in [2.75, 3.05) is 0 Å². The summed E-state index contributed by atoms with van der Waals surface area (Å²) in [6, 6.07) is 9.27. The van der Waals surface area contributed by atoms with Gasteiger partial charge in [-0.25, -0.2) is 9.69 Å². The Morgan fingerprint density at radius 2 is 1.92 bits per heavy atom. The quantitative estimate of drug-likeness (QED) is 0.920. The normalized spacial score (nSPS) is 27.9. The van der Waals surface area contributed by atoms with Crippen molar-refractivity contribution in [3.8, 4) is 0 Å². The number of hydrogen-bond donors (Lipinski definition) is 1. The van der Waals surface area contributed by atoms with Crippen molar-refractivity contribution in [1.29, 1.82) is 0 Å². The van der Waals surface area contributed by atoms with Crippen LogP contribution in [0.15, 0.2) is 30.3 Å². The summed E-state index contributed by atoms with van der Waals surface area (Å²) < 4.78 is 5.28. The van der Waals surface area contributed by atoms with Gasteiger partial charge in [-0.2, -0.15) is 0 Å². The average molecular weight is 333 g/mol. The Balaban J connectivity index is 2.17. The van der Waals surface area contributed by atoms with Crippen molar-refractivity contribution in [2.24, 2.45) is 23.7 Å².